The smallest absolute Gasteiger partial charge is 0.267 e. The molecule has 1 fully saturated rings. The van der Waals surface area contributed by atoms with Crippen LogP contribution in [0.5, 0.6) is 0 Å². The number of nitrogens with two attached hydrogens (primary N) is 1. The summed E-state index contributed by atoms with van der Waals surface area (Å²) in [6, 6.07) is 4.75. The number of hydrogen-bond acceptors (Lipinski definition) is 5. The summed E-state index contributed by atoms with van der Waals surface area (Å²) in [5.74, 6) is -1.21. The average Bonchev–Trinajstić information content (AvgIpc) is 2.74. The molecule has 0 saturated heterocycles. The van der Waals surface area contributed by atoms with Crippen LogP contribution in [0.2, 0.25) is 0 Å². The fourth-order valence-corrected chi connectivity index (χ4v) is 5.02. The molecule has 2 atom stereocenters. The Hall–Kier alpha value is -2.17. The molecular formula is C24H36IN5O3. The first-order chi connectivity index (χ1) is 15.4. The second-order valence-electron chi connectivity index (χ2n) is 9.62. The lowest BCUT2D eigenvalue weighted by molar-refractivity contribution is -0.133. The third kappa shape index (κ3) is 7.68. The Bertz CT molecular complexity index is 902. The summed E-state index contributed by atoms with van der Waals surface area (Å²) in [5, 5.41) is 14.1. The number of rotatable bonds is 10. The maximum Gasteiger partial charge on any atom is 0.267 e. The fourth-order valence-electron chi connectivity index (χ4n) is 4.31. The summed E-state index contributed by atoms with van der Waals surface area (Å²) in [5.41, 5.74) is 6.89. The molecule has 0 aromatic heterocycles. The van der Waals surface area contributed by atoms with E-state index in [-0.39, 0.29) is 35.5 Å². The van der Waals surface area contributed by atoms with E-state index in [0.717, 1.165) is 37.7 Å². The third-order valence-corrected chi connectivity index (χ3v) is 7.26. The lowest BCUT2D eigenvalue weighted by Crippen LogP contribution is -2.50. The van der Waals surface area contributed by atoms with Gasteiger partial charge in [-0.25, -0.2) is 0 Å². The first-order valence-corrected chi connectivity index (χ1v) is 12.4. The lowest BCUT2D eigenvalue weighted by atomic mass is 9.75. The molecule has 2 rings (SSSR count). The topological polar surface area (TPSA) is 128 Å². The van der Waals surface area contributed by atoms with Gasteiger partial charge >= 0.3 is 0 Å². The van der Waals surface area contributed by atoms with Crippen molar-refractivity contribution in [3.63, 3.8) is 0 Å². The molecule has 0 unspecified atom stereocenters. The van der Waals surface area contributed by atoms with E-state index in [9.17, 15) is 14.4 Å². The molecule has 9 heteroatoms. The number of carbonyl (C=O) groups excluding carboxylic acids is 3. The SMILES string of the molecule is CCC[C@@H](C(=O)N[C@@H]1CCCC(C)(C)C1)N(I)C(=O)CNc1cc(C)ccc1C(=N)C(N)=O. The first kappa shape index (κ1) is 27.1. The van der Waals surface area contributed by atoms with Crippen LogP contribution in [0.1, 0.15) is 70.4 Å². The number of nitrogens with zero attached hydrogens (tertiary/aromatic N) is 1. The Morgan fingerprint density at radius 3 is 2.64 bits per heavy atom. The Morgan fingerprint density at radius 2 is 2.03 bits per heavy atom. The van der Waals surface area contributed by atoms with E-state index in [0.29, 0.717) is 17.7 Å². The number of carbonyl (C=O) groups is 3. The number of hydrogen-bond donors (Lipinski definition) is 4. The number of nitrogens with one attached hydrogen (secondary N) is 3. The highest BCUT2D eigenvalue weighted by molar-refractivity contribution is 14.1. The van der Waals surface area contributed by atoms with Crippen molar-refractivity contribution >= 4 is 52.0 Å². The fraction of sp³-hybridized carbons (Fsp3) is 0.583. The van der Waals surface area contributed by atoms with E-state index in [4.69, 9.17) is 11.1 Å². The Balaban J connectivity index is 2.07. The largest absolute Gasteiger partial charge is 0.376 e. The average molecular weight is 569 g/mol. The maximum atomic E-state index is 13.1. The van der Waals surface area contributed by atoms with Crippen molar-refractivity contribution in [1.29, 1.82) is 5.41 Å². The van der Waals surface area contributed by atoms with Gasteiger partial charge in [0.25, 0.3) is 11.8 Å². The molecule has 1 aliphatic rings. The number of benzene rings is 1. The second-order valence-corrected chi connectivity index (χ2v) is 10.7. The number of anilines is 1. The molecule has 1 aliphatic carbocycles. The molecule has 1 saturated carbocycles. The summed E-state index contributed by atoms with van der Waals surface area (Å²) < 4.78 is 1.46. The van der Waals surface area contributed by atoms with Gasteiger partial charge in [0.1, 0.15) is 11.8 Å². The summed E-state index contributed by atoms with van der Waals surface area (Å²) in [6.07, 6.45) is 5.49. The van der Waals surface area contributed by atoms with Gasteiger partial charge in [0.05, 0.1) is 29.4 Å². The number of aryl methyl sites for hydroxylation is 1. The van der Waals surface area contributed by atoms with Crippen LogP contribution < -0.4 is 16.4 Å². The van der Waals surface area contributed by atoms with E-state index < -0.39 is 11.9 Å². The zero-order valence-electron chi connectivity index (χ0n) is 20.0. The monoisotopic (exact) mass is 569 g/mol. The van der Waals surface area contributed by atoms with Crippen molar-refractivity contribution in [3.05, 3.63) is 29.3 Å². The van der Waals surface area contributed by atoms with Crippen molar-refractivity contribution in [1.82, 2.24) is 8.43 Å². The van der Waals surface area contributed by atoms with E-state index in [1.807, 2.05) is 36.7 Å². The highest BCUT2D eigenvalue weighted by Crippen LogP contribution is 2.35. The normalized spacial score (nSPS) is 18.2. The van der Waals surface area contributed by atoms with Crippen LogP contribution in [0.4, 0.5) is 5.69 Å². The molecule has 5 N–H and O–H groups in total. The summed E-state index contributed by atoms with van der Waals surface area (Å²) in [4.78, 5) is 37.5. The van der Waals surface area contributed by atoms with Gasteiger partial charge in [-0.1, -0.05) is 45.7 Å². The van der Waals surface area contributed by atoms with Crippen LogP contribution in [0, 0.1) is 17.7 Å². The maximum absolute atomic E-state index is 13.1. The zero-order chi connectivity index (χ0) is 24.8. The molecule has 0 radical (unpaired) electrons. The van der Waals surface area contributed by atoms with Crippen LogP contribution in [0.3, 0.4) is 0 Å². The second kappa shape index (κ2) is 11.8. The van der Waals surface area contributed by atoms with Gasteiger partial charge in [0, 0.05) is 17.3 Å². The third-order valence-electron chi connectivity index (χ3n) is 6.05. The van der Waals surface area contributed by atoms with Crippen molar-refractivity contribution in [2.45, 2.75) is 78.3 Å². The summed E-state index contributed by atoms with van der Waals surface area (Å²) >= 11 is 1.92. The Morgan fingerprint density at radius 1 is 1.33 bits per heavy atom. The van der Waals surface area contributed by atoms with Gasteiger partial charge in [-0.2, -0.15) is 0 Å². The van der Waals surface area contributed by atoms with E-state index in [1.165, 1.54) is 3.11 Å². The summed E-state index contributed by atoms with van der Waals surface area (Å²) in [7, 11) is 0. The van der Waals surface area contributed by atoms with E-state index in [1.54, 1.807) is 18.2 Å². The van der Waals surface area contributed by atoms with Crippen LogP contribution in [-0.4, -0.2) is 45.2 Å². The van der Waals surface area contributed by atoms with E-state index in [2.05, 4.69) is 24.5 Å². The van der Waals surface area contributed by atoms with Gasteiger partial charge in [0.2, 0.25) is 5.91 Å². The first-order valence-electron chi connectivity index (χ1n) is 11.5. The van der Waals surface area contributed by atoms with Crippen molar-refractivity contribution in [3.8, 4) is 0 Å². The van der Waals surface area contributed by atoms with Crippen molar-refractivity contribution < 1.29 is 14.4 Å². The van der Waals surface area contributed by atoms with Crippen molar-refractivity contribution in [2.24, 2.45) is 11.1 Å². The molecule has 33 heavy (non-hydrogen) atoms. The number of halogens is 1. The molecular weight excluding hydrogens is 533 g/mol. The van der Waals surface area contributed by atoms with Crippen LogP contribution >= 0.6 is 22.9 Å². The highest BCUT2D eigenvalue weighted by Gasteiger charge is 2.33. The minimum atomic E-state index is -0.839. The summed E-state index contributed by atoms with van der Waals surface area (Å²) in [6.45, 7) is 8.25. The molecule has 1 aromatic carbocycles. The minimum Gasteiger partial charge on any atom is -0.376 e. The minimum absolute atomic E-state index is 0.0740. The number of amides is 3. The Labute approximate surface area is 210 Å². The molecule has 182 valence electrons. The van der Waals surface area contributed by atoms with E-state index >= 15 is 0 Å². The molecule has 3 amide bonds. The molecule has 8 nitrogen and oxygen atoms in total. The molecule has 0 bridgehead atoms. The lowest BCUT2D eigenvalue weighted by Gasteiger charge is -2.36. The predicted octanol–water partition coefficient (Wildman–Crippen LogP) is 3.69. The van der Waals surface area contributed by atoms with Gasteiger partial charge < -0.3 is 16.4 Å². The van der Waals surface area contributed by atoms with Gasteiger partial charge in [0.15, 0.2) is 0 Å². The zero-order valence-corrected chi connectivity index (χ0v) is 22.1. The van der Waals surface area contributed by atoms with Gasteiger partial charge in [-0.05, 0) is 49.7 Å². The highest BCUT2D eigenvalue weighted by atomic mass is 127. The van der Waals surface area contributed by atoms with Crippen LogP contribution in [0.15, 0.2) is 18.2 Å². The predicted molar refractivity (Wildman–Crippen MR) is 139 cm³/mol. The number of primary amides is 1. The van der Waals surface area contributed by atoms with Crippen molar-refractivity contribution in [2.75, 3.05) is 11.9 Å². The molecule has 0 heterocycles. The molecule has 1 aromatic rings. The molecule has 0 aliphatic heterocycles. The van der Waals surface area contributed by atoms with Crippen LogP contribution in [-0.2, 0) is 14.4 Å². The van der Waals surface area contributed by atoms with Gasteiger partial charge in [-0.3, -0.25) is 22.9 Å². The van der Waals surface area contributed by atoms with Crippen LogP contribution in [0.25, 0.3) is 0 Å². The standard InChI is InChI=1S/C24H36IN5O3/c1-5-7-19(23(33)29-16-8-6-11-24(3,4)13-16)30(25)20(31)14-28-18-12-15(2)9-10-17(18)21(26)22(27)32/h9-10,12,16,19,26,28H,5-8,11,13-14H2,1-4H3,(H2,27,32)(H,29,33)/t16-,19+/m1/s1. The Kier molecular flexibility index (Phi) is 9.69. The van der Waals surface area contributed by atoms with Gasteiger partial charge in [-0.15, -0.1) is 0 Å². The molecule has 0 spiro atoms. The quantitative estimate of drug-likeness (QED) is 0.195.